The number of rotatable bonds is 4. The topological polar surface area (TPSA) is 84.4 Å². The molecule has 2 fully saturated rings. The van der Waals surface area contributed by atoms with E-state index in [-0.39, 0.29) is 29.2 Å². The van der Waals surface area contributed by atoms with E-state index in [1.165, 1.54) is 5.56 Å². The van der Waals surface area contributed by atoms with Crippen molar-refractivity contribution < 1.29 is 14.3 Å². The molecule has 2 amide bonds. The Balaban J connectivity index is 1.30. The van der Waals surface area contributed by atoms with Gasteiger partial charge in [-0.25, -0.2) is 9.97 Å². The van der Waals surface area contributed by atoms with Gasteiger partial charge in [-0.1, -0.05) is 36.4 Å². The fourth-order valence-electron chi connectivity index (χ4n) is 5.09. The molecule has 0 bridgehead atoms. The van der Waals surface area contributed by atoms with Crippen molar-refractivity contribution in [3.8, 4) is 11.8 Å². The van der Waals surface area contributed by atoms with E-state index in [0.29, 0.717) is 37.4 Å². The van der Waals surface area contributed by atoms with Crippen LogP contribution in [0.2, 0.25) is 0 Å². The molecule has 1 N–H and O–H groups in total. The molecule has 1 atom stereocenters. The highest BCUT2D eigenvalue weighted by Crippen LogP contribution is 2.48. The van der Waals surface area contributed by atoms with E-state index in [2.05, 4.69) is 27.4 Å². The molecule has 5 rings (SSSR count). The number of amides is 2. The minimum Gasteiger partial charge on any atom is -0.424 e. The van der Waals surface area contributed by atoms with Crippen LogP contribution < -0.4 is 10.1 Å². The second kappa shape index (κ2) is 9.02. The van der Waals surface area contributed by atoms with Crippen LogP contribution >= 0.6 is 0 Å². The lowest BCUT2D eigenvalue weighted by Crippen LogP contribution is -2.52. The summed E-state index contributed by atoms with van der Waals surface area (Å²) in [7, 11) is 0. The molecule has 2 aromatic carbocycles. The van der Waals surface area contributed by atoms with E-state index in [9.17, 15) is 9.59 Å². The van der Waals surface area contributed by atoms with Gasteiger partial charge in [0, 0.05) is 49.9 Å². The fourth-order valence-corrected chi connectivity index (χ4v) is 5.09. The highest BCUT2D eigenvalue weighted by atomic mass is 16.5. The number of carbonyl (C=O) groups is 2. The molecule has 0 radical (unpaired) electrons. The Kier molecular flexibility index (Phi) is 5.77. The van der Waals surface area contributed by atoms with Crippen molar-refractivity contribution in [2.45, 2.75) is 25.2 Å². The van der Waals surface area contributed by atoms with Gasteiger partial charge >= 0.3 is 6.01 Å². The molecule has 33 heavy (non-hydrogen) atoms. The number of piperidine rings is 2. The predicted octanol–water partition coefficient (Wildman–Crippen LogP) is 3.80. The Bertz CT molecular complexity index is 1130. The lowest BCUT2D eigenvalue weighted by molar-refractivity contribution is -0.127. The number of likely N-dealkylation sites (tertiary alicyclic amines) is 1. The number of hydrogen-bond donors (Lipinski definition) is 1. The number of benzene rings is 2. The van der Waals surface area contributed by atoms with Gasteiger partial charge in [0.2, 0.25) is 5.91 Å². The van der Waals surface area contributed by atoms with Crippen molar-refractivity contribution >= 4 is 11.8 Å². The Labute approximate surface area is 192 Å². The summed E-state index contributed by atoms with van der Waals surface area (Å²) in [4.78, 5) is 35.6. The van der Waals surface area contributed by atoms with Gasteiger partial charge < -0.3 is 15.0 Å². The molecule has 1 spiro atoms. The average Bonchev–Trinajstić information content (AvgIpc) is 2.85. The van der Waals surface area contributed by atoms with E-state index in [1.807, 2.05) is 23.1 Å². The molecule has 7 heteroatoms. The number of nitrogens with zero attached hydrogens (tertiary/aromatic N) is 3. The zero-order valence-electron chi connectivity index (χ0n) is 18.3. The third-order valence-corrected chi connectivity index (χ3v) is 6.84. The van der Waals surface area contributed by atoms with Crippen LogP contribution in [-0.2, 0) is 4.79 Å². The molecule has 3 heterocycles. The van der Waals surface area contributed by atoms with Crippen LogP contribution in [0.3, 0.4) is 0 Å². The van der Waals surface area contributed by atoms with Crippen molar-refractivity contribution in [2.75, 3.05) is 19.6 Å². The van der Waals surface area contributed by atoms with E-state index in [1.54, 1.807) is 42.7 Å². The first kappa shape index (κ1) is 21.1. The summed E-state index contributed by atoms with van der Waals surface area (Å²) in [6.45, 7) is 1.91. The quantitative estimate of drug-likeness (QED) is 0.665. The van der Waals surface area contributed by atoms with Crippen molar-refractivity contribution in [3.05, 3.63) is 84.2 Å². The minimum atomic E-state index is -0.115. The first-order valence-electron chi connectivity index (χ1n) is 11.3. The molecular formula is C26H26N4O3. The second-order valence-corrected chi connectivity index (χ2v) is 8.76. The van der Waals surface area contributed by atoms with Gasteiger partial charge in [0.25, 0.3) is 5.91 Å². The molecular weight excluding hydrogens is 416 g/mol. The first-order chi connectivity index (χ1) is 16.1. The molecule has 2 aliphatic heterocycles. The number of nitrogens with one attached hydrogen (secondary N) is 1. The Morgan fingerprint density at radius 1 is 1.00 bits per heavy atom. The average molecular weight is 443 g/mol. The highest BCUT2D eigenvalue weighted by Gasteiger charge is 2.46. The molecule has 168 valence electrons. The van der Waals surface area contributed by atoms with Crippen LogP contribution in [0.15, 0.2) is 73.1 Å². The van der Waals surface area contributed by atoms with Crippen LogP contribution in [0.5, 0.6) is 11.8 Å². The van der Waals surface area contributed by atoms with Crippen LogP contribution in [-0.4, -0.2) is 46.3 Å². The molecule has 0 aliphatic carbocycles. The maximum Gasteiger partial charge on any atom is 0.321 e. The Morgan fingerprint density at radius 3 is 2.52 bits per heavy atom. The van der Waals surface area contributed by atoms with Gasteiger partial charge in [0.05, 0.1) is 0 Å². The van der Waals surface area contributed by atoms with Crippen LogP contribution in [0.1, 0.15) is 41.1 Å². The number of aromatic nitrogens is 2. The van der Waals surface area contributed by atoms with Crippen LogP contribution in [0.4, 0.5) is 0 Å². The lowest BCUT2D eigenvalue weighted by Gasteiger charge is -2.49. The number of ether oxygens (including phenoxy) is 1. The molecule has 0 unspecified atom stereocenters. The molecule has 3 aromatic rings. The minimum absolute atomic E-state index is 0.0270. The van der Waals surface area contributed by atoms with Gasteiger partial charge in [0.1, 0.15) is 5.75 Å². The summed E-state index contributed by atoms with van der Waals surface area (Å²) < 4.78 is 5.68. The summed E-state index contributed by atoms with van der Waals surface area (Å²) in [5.41, 5.74) is 1.71. The maximum atomic E-state index is 13.3. The third kappa shape index (κ3) is 4.44. The number of carbonyl (C=O) groups excluding carboxylic acids is 2. The summed E-state index contributed by atoms with van der Waals surface area (Å²) >= 11 is 0. The van der Waals surface area contributed by atoms with Gasteiger partial charge in [-0.2, -0.15) is 0 Å². The monoisotopic (exact) mass is 442 g/mol. The Morgan fingerprint density at radius 2 is 1.76 bits per heavy atom. The normalized spacial score (nSPS) is 19.7. The van der Waals surface area contributed by atoms with Gasteiger partial charge in [0.15, 0.2) is 0 Å². The molecule has 2 saturated heterocycles. The van der Waals surface area contributed by atoms with E-state index in [4.69, 9.17) is 4.74 Å². The molecule has 0 saturated carbocycles. The van der Waals surface area contributed by atoms with E-state index >= 15 is 0 Å². The Hall–Kier alpha value is -3.74. The fraction of sp³-hybridized carbons (Fsp3) is 0.308. The van der Waals surface area contributed by atoms with Crippen LogP contribution in [0.25, 0.3) is 0 Å². The smallest absolute Gasteiger partial charge is 0.321 e. The van der Waals surface area contributed by atoms with E-state index in [0.717, 1.165) is 12.8 Å². The summed E-state index contributed by atoms with van der Waals surface area (Å²) in [5.74, 6) is 0.862. The van der Waals surface area contributed by atoms with E-state index < -0.39 is 0 Å². The molecule has 2 aliphatic rings. The van der Waals surface area contributed by atoms with Gasteiger partial charge in [-0.05, 0) is 48.1 Å². The highest BCUT2D eigenvalue weighted by molar-refractivity contribution is 5.94. The lowest BCUT2D eigenvalue weighted by atomic mass is 9.62. The van der Waals surface area contributed by atoms with Crippen LogP contribution in [0, 0.1) is 5.41 Å². The maximum absolute atomic E-state index is 13.3. The van der Waals surface area contributed by atoms with Crippen molar-refractivity contribution in [1.29, 1.82) is 0 Å². The van der Waals surface area contributed by atoms with Gasteiger partial charge in [-0.3, -0.25) is 9.59 Å². The first-order valence-corrected chi connectivity index (χ1v) is 11.3. The van der Waals surface area contributed by atoms with Crippen molar-refractivity contribution in [3.63, 3.8) is 0 Å². The summed E-state index contributed by atoms with van der Waals surface area (Å²) in [5, 5.41) is 3.04. The van der Waals surface area contributed by atoms with Crippen molar-refractivity contribution in [1.82, 2.24) is 20.2 Å². The standard InChI is InChI=1S/C26H26N4O3/c31-23-17-26(22(18-29-23)19-6-2-1-3-7-19)10-14-30(15-11-26)24(32)20-8-4-9-21(16-20)33-25-27-12-5-13-28-25/h1-9,12-13,16,22H,10-11,14-15,17-18H2,(H,29,31)/t22-/m0/s1. The largest absolute Gasteiger partial charge is 0.424 e. The van der Waals surface area contributed by atoms with Crippen molar-refractivity contribution in [2.24, 2.45) is 5.41 Å². The molecule has 1 aromatic heterocycles. The van der Waals surface area contributed by atoms with Gasteiger partial charge in [-0.15, -0.1) is 0 Å². The zero-order valence-corrected chi connectivity index (χ0v) is 18.3. The zero-order chi connectivity index (χ0) is 22.7. The SMILES string of the molecule is O=C1CC2(CCN(C(=O)c3cccc(Oc4ncccn4)c3)CC2)[C@H](c2ccccc2)CN1. The number of hydrogen-bond acceptors (Lipinski definition) is 5. The third-order valence-electron chi connectivity index (χ3n) is 6.84. The molecule has 7 nitrogen and oxygen atoms in total. The predicted molar refractivity (Wildman–Crippen MR) is 123 cm³/mol. The summed E-state index contributed by atoms with van der Waals surface area (Å²) in [6.07, 6.45) is 5.33. The second-order valence-electron chi connectivity index (χ2n) is 8.76. The summed E-state index contributed by atoms with van der Waals surface area (Å²) in [6, 6.07) is 19.5.